The van der Waals surface area contributed by atoms with Crippen molar-refractivity contribution in [3.63, 3.8) is 0 Å². The van der Waals surface area contributed by atoms with E-state index in [2.05, 4.69) is 36.2 Å². The Morgan fingerprint density at radius 2 is 1.71 bits per heavy atom. The number of amides is 2. The van der Waals surface area contributed by atoms with Crippen LogP contribution in [0, 0.1) is 5.82 Å². The lowest BCUT2D eigenvalue weighted by atomic mass is 9.95. The van der Waals surface area contributed by atoms with E-state index in [1.807, 2.05) is 23.1 Å². The van der Waals surface area contributed by atoms with E-state index in [0.717, 1.165) is 25.2 Å². The quantitative estimate of drug-likeness (QED) is 0.650. The van der Waals surface area contributed by atoms with Crippen molar-refractivity contribution < 1.29 is 14.0 Å². The van der Waals surface area contributed by atoms with Gasteiger partial charge in [-0.3, -0.25) is 14.9 Å². The minimum absolute atomic E-state index is 0.106. The average Bonchev–Trinajstić information content (AvgIpc) is 3.10. The first-order valence-electron chi connectivity index (χ1n) is 12.4. The smallest absolute Gasteiger partial charge is 0.256 e. The molecule has 7 heteroatoms. The van der Waals surface area contributed by atoms with Crippen LogP contribution in [0.15, 0.2) is 54.6 Å². The molecule has 6 nitrogen and oxygen atoms in total. The number of carbonyl (C=O) groups excluding carboxylic acids is 2. The number of likely N-dealkylation sites (N-methyl/N-ethyl adjacent to an activating group) is 1. The SMILES string of the molecule is CCN(CC)CCN1C(=O)C(Cc2ccccc2)NC12CCN(C(=O)c1ccccc1F)CC2. The fourth-order valence-electron chi connectivity index (χ4n) is 5.26. The van der Waals surface area contributed by atoms with E-state index in [-0.39, 0.29) is 23.4 Å². The highest BCUT2D eigenvalue weighted by molar-refractivity contribution is 5.94. The van der Waals surface area contributed by atoms with E-state index in [0.29, 0.717) is 38.9 Å². The third kappa shape index (κ3) is 5.00. The first-order valence-corrected chi connectivity index (χ1v) is 12.4. The van der Waals surface area contributed by atoms with E-state index < -0.39 is 11.5 Å². The van der Waals surface area contributed by atoms with Gasteiger partial charge in [0.15, 0.2) is 0 Å². The molecule has 2 aromatic rings. The molecular weight excluding hydrogens is 431 g/mol. The van der Waals surface area contributed by atoms with Crippen molar-refractivity contribution in [1.29, 1.82) is 0 Å². The number of nitrogens with one attached hydrogen (secondary N) is 1. The third-order valence-electron chi connectivity index (χ3n) is 7.32. The third-order valence-corrected chi connectivity index (χ3v) is 7.32. The molecule has 2 aromatic carbocycles. The van der Waals surface area contributed by atoms with Crippen molar-refractivity contribution in [2.45, 2.75) is 44.8 Å². The summed E-state index contributed by atoms with van der Waals surface area (Å²) in [6, 6.07) is 15.9. The Kier molecular flexibility index (Phi) is 7.63. The minimum atomic E-state index is -0.495. The maximum Gasteiger partial charge on any atom is 0.256 e. The van der Waals surface area contributed by atoms with E-state index in [9.17, 15) is 14.0 Å². The van der Waals surface area contributed by atoms with E-state index >= 15 is 0 Å². The Morgan fingerprint density at radius 3 is 2.35 bits per heavy atom. The zero-order chi connectivity index (χ0) is 24.1. The summed E-state index contributed by atoms with van der Waals surface area (Å²) in [6.45, 7) is 8.58. The standard InChI is InChI=1S/C27H35FN4O2/c1-3-30(4-2)18-19-32-26(34)24(20-21-10-6-5-7-11-21)29-27(32)14-16-31(17-15-27)25(33)22-12-8-9-13-23(22)28/h5-13,24,29H,3-4,14-20H2,1-2H3. The lowest BCUT2D eigenvalue weighted by Gasteiger charge is -2.45. The van der Waals surface area contributed by atoms with Crippen LogP contribution >= 0.6 is 0 Å². The number of piperidine rings is 1. The van der Waals surface area contributed by atoms with Crippen LogP contribution in [0.1, 0.15) is 42.6 Å². The lowest BCUT2D eigenvalue weighted by Crippen LogP contribution is -2.60. The summed E-state index contributed by atoms with van der Waals surface area (Å²) in [6.07, 6.45) is 1.89. The lowest BCUT2D eigenvalue weighted by molar-refractivity contribution is -0.133. The summed E-state index contributed by atoms with van der Waals surface area (Å²) in [4.78, 5) is 32.6. The second kappa shape index (κ2) is 10.7. The Labute approximate surface area is 201 Å². The molecular formula is C27H35FN4O2. The van der Waals surface area contributed by atoms with Gasteiger partial charge in [0.1, 0.15) is 5.82 Å². The van der Waals surface area contributed by atoms with Gasteiger partial charge < -0.3 is 14.7 Å². The normalized spacial score (nSPS) is 19.9. The second-order valence-electron chi connectivity index (χ2n) is 9.21. The number of carbonyl (C=O) groups is 2. The summed E-state index contributed by atoms with van der Waals surface area (Å²) in [5.41, 5.74) is 0.755. The molecule has 0 aromatic heterocycles. The second-order valence-corrected chi connectivity index (χ2v) is 9.21. The molecule has 4 rings (SSSR count). The molecule has 0 bridgehead atoms. The molecule has 2 heterocycles. The molecule has 34 heavy (non-hydrogen) atoms. The number of hydrogen-bond acceptors (Lipinski definition) is 4. The number of likely N-dealkylation sites (tertiary alicyclic amines) is 1. The number of nitrogens with zero attached hydrogens (tertiary/aromatic N) is 3. The summed E-state index contributed by atoms with van der Waals surface area (Å²) >= 11 is 0. The molecule has 0 radical (unpaired) electrons. The van der Waals surface area contributed by atoms with Crippen molar-refractivity contribution in [3.8, 4) is 0 Å². The molecule has 2 aliphatic rings. The van der Waals surface area contributed by atoms with Crippen molar-refractivity contribution in [1.82, 2.24) is 20.0 Å². The molecule has 1 N–H and O–H groups in total. The zero-order valence-electron chi connectivity index (χ0n) is 20.2. The first-order chi connectivity index (χ1) is 16.5. The first kappa shape index (κ1) is 24.4. The number of rotatable bonds is 8. The van der Waals surface area contributed by atoms with Gasteiger partial charge >= 0.3 is 0 Å². The molecule has 1 atom stereocenters. The number of hydrogen-bond donors (Lipinski definition) is 1. The molecule has 2 amide bonds. The van der Waals surface area contributed by atoms with Gasteiger partial charge in [-0.25, -0.2) is 4.39 Å². The van der Waals surface area contributed by atoms with Crippen LogP contribution in [-0.2, 0) is 11.2 Å². The molecule has 2 saturated heterocycles. The largest absolute Gasteiger partial charge is 0.338 e. The molecule has 2 fully saturated rings. The van der Waals surface area contributed by atoms with Gasteiger partial charge in [0.05, 0.1) is 17.3 Å². The van der Waals surface area contributed by atoms with E-state index in [1.165, 1.54) is 12.1 Å². The van der Waals surface area contributed by atoms with Gasteiger partial charge in [-0.1, -0.05) is 56.3 Å². The van der Waals surface area contributed by atoms with Crippen LogP contribution in [0.4, 0.5) is 4.39 Å². The molecule has 0 aliphatic carbocycles. The van der Waals surface area contributed by atoms with Crippen LogP contribution in [-0.4, -0.2) is 77.5 Å². The zero-order valence-corrected chi connectivity index (χ0v) is 20.2. The molecule has 182 valence electrons. The maximum absolute atomic E-state index is 14.2. The van der Waals surface area contributed by atoms with Gasteiger partial charge in [-0.2, -0.15) is 0 Å². The van der Waals surface area contributed by atoms with E-state index in [1.54, 1.807) is 17.0 Å². The monoisotopic (exact) mass is 466 g/mol. The molecule has 1 unspecified atom stereocenters. The number of halogens is 1. The number of benzene rings is 2. The van der Waals surface area contributed by atoms with Gasteiger partial charge in [0.2, 0.25) is 5.91 Å². The predicted molar refractivity (Wildman–Crippen MR) is 131 cm³/mol. The average molecular weight is 467 g/mol. The van der Waals surface area contributed by atoms with Crippen molar-refractivity contribution in [2.75, 3.05) is 39.3 Å². The molecule has 1 spiro atoms. The van der Waals surface area contributed by atoms with Crippen LogP contribution in [0.3, 0.4) is 0 Å². The topological polar surface area (TPSA) is 55.9 Å². The Bertz CT molecular complexity index is 987. The van der Waals surface area contributed by atoms with Crippen molar-refractivity contribution >= 4 is 11.8 Å². The van der Waals surface area contributed by atoms with E-state index in [4.69, 9.17) is 0 Å². The molecule has 2 aliphatic heterocycles. The fourth-order valence-corrected chi connectivity index (χ4v) is 5.26. The van der Waals surface area contributed by atoms with Gasteiger partial charge in [-0.05, 0) is 37.2 Å². The van der Waals surface area contributed by atoms with Crippen LogP contribution in [0.2, 0.25) is 0 Å². The Morgan fingerprint density at radius 1 is 1.06 bits per heavy atom. The summed E-state index contributed by atoms with van der Waals surface area (Å²) < 4.78 is 14.2. The highest BCUT2D eigenvalue weighted by Crippen LogP contribution is 2.34. The predicted octanol–water partition coefficient (Wildman–Crippen LogP) is 3.14. The Hall–Kier alpha value is -2.77. The van der Waals surface area contributed by atoms with Gasteiger partial charge in [-0.15, -0.1) is 0 Å². The minimum Gasteiger partial charge on any atom is -0.338 e. The molecule has 0 saturated carbocycles. The van der Waals surface area contributed by atoms with Crippen LogP contribution < -0.4 is 5.32 Å². The van der Waals surface area contributed by atoms with Crippen LogP contribution in [0.5, 0.6) is 0 Å². The maximum atomic E-state index is 14.2. The van der Waals surface area contributed by atoms with Crippen molar-refractivity contribution in [2.24, 2.45) is 0 Å². The van der Waals surface area contributed by atoms with Crippen molar-refractivity contribution in [3.05, 3.63) is 71.5 Å². The summed E-state index contributed by atoms with van der Waals surface area (Å²) in [5, 5.41) is 3.67. The highest BCUT2D eigenvalue weighted by atomic mass is 19.1. The summed E-state index contributed by atoms with van der Waals surface area (Å²) in [5.74, 6) is -0.650. The summed E-state index contributed by atoms with van der Waals surface area (Å²) in [7, 11) is 0. The fraction of sp³-hybridized carbons (Fsp3) is 0.481. The van der Waals surface area contributed by atoms with Crippen LogP contribution in [0.25, 0.3) is 0 Å². The van der Waals surface area contributed by atoms with Gasteiger partial charge in [0.25, 0.3) is 5.91 Å². The highest BCUT2D eigenvalue weighted by Gasteiger charge is 2.51. The Balaban J connectivity index is 1.50. The van der Waals surface area contributed by atoms with Gasteiger partial charge in [0, 0.05) is 39.0 Å².